The van der Waals surface area contributed by atoms with E-state index >= 15 is 0 Å². The molecule has 5 unspecified atom stereocenters. The van der Waals surface area contributed by atoms with Crippen LogP contribution in [0.3, 0.4) is 0 Å². The number of esters is 4. The molecule has 0 amide bonds. The lowest BCUT2D eigenvalue weighted by Gasteiger charge is -2.40. The molecule has 0 spiro atoms. The van der Waals surface area contributed by atoms with E-state index in [0.717, 1.165) is 0 Å². The van der Waals surface area contributed by atoms with Gasteiger partial charge in [0.2, 0.25) is 23.0 Å². The van der Waals surface area contributed by atoms with Crippen LogP contribution in [0.4, 0.5) is 0 Å². The second kappa shape index (κ2) is 12.4. The lowest BCUT2D eigenvalue weighted by molar-refractivity contribution is -0.153. The van der Waals surface area contributed by atoms with Crippen molar-refractivity contribution in [1.29, 1.82) is 0 Å². The molecule has 5 atom stereocenters. The Morgan fingerprint density at radius 2 is 0.893 bits per heavy atom. The molecule has 56 heavy (non-hydrogen) atoms. The van der Waals surface area contributed by atoms with Crippen LogP contribution >= 0.6 is 0 Å². The molecular formula is C34H24O22. The van der Waals surface area contributed by atoms with Crippen LogP contribution in [0, 0.1) is 0 Å². The van der Waals surface area contributed by atoms with Gasteiger partial charge in [0.15, 0.2) is 64.3 Å². The van der Waals surface area contributed by atoms with Crippen molar-refractivity contribution in [2.24, 2.45) is 0 Å². The van der Waals surface area contributed by atoms with E-state index in [-0.39, 0.29) is 0 Å². The van der Waals surface area contributed by atoms with Crippen molar-refractivity contribution in [3.8, 4) is 91.2 Å². The monoisotopic (exact) mass is 784 g/mol. The molecular weight excluding hydrogens is 760 g/mol. The van der Waals surface area contributed by atoms with Crippen molar-refractivity contribution in [3.05, 3.63) is 46.0 Å². The van der Waals surface area contributed by atoms with Crippen LogP contribution in [0.2, 0.25) is 0 Å². The molecule has 0 aliphatic carbocycles. The van der Waals surface area contributed by atoms with Gasteiger partial charge in [-0.2, -0.15) is 0 Å². The summed E-state index contributed by atoms with van der Waals surface area (Å²) in [6, 6.07) is 1.45. The van der Waals surface area contributed by atoms with E-state index in [4.69, 9.17) is 18.9 Å². The Morgan fingerprint density at radius 3 is 1.50 bits per heavy atom. The number of cyclic esters (lactones) is 2. The summed E-state index contributed by atoms with van der Waals surface area (Å²) < 4.78 is 21.2. The molecule has 14 N–H and O–H groups in total. The molecule has 0 fully saturated rings. The van der Waals surface area contributed by atoms with Crippen LogP contribution in [0.15, 0.2) is 18.2 Å². The van der Waals surface area contributed by atoms with Crippen LogP contribution < -0.4 is 0 Å². The topological polar surface area (TPSA) is 388 Å². The Hall–Kier alpha value is -7.72. The number of phenols is 12. The number of aromatic hydroxyl groups is 12. The normalized spacial score (nSPS) is 21.6. The molecule has 0 radical (unpaired) electrons. The Kier molecular flexibility index (Phi) is 8.13. The standard InChI is InChI=1S/C34H24O22/c35-9-2-6-12(21(42)19(9)40)5-1-8(18(39)26(47)17(5)38)31(49)53-4-11(37)28(54-32(6)50)30-29-25(46)16-15(34(52)55-29)14(23(44)27(48)24(16)45)13-7(33(51)56-30)3-10(36)20(41)22(13)43/h1-3,11,25,28-30,35-48H,4H2. The number of benzene rings is 4. The van der Waals surface area contributed by atoms with E-state index in [2.05, 4.69) is 0 Å². The van der Waals surface area contributed by atoms with Gasteiger partial charge < -0.3 is 90.4 Å². The third kappa shape index (κ3) is 5.03. The van der Waals surface area contributed by atoms with Crippen LogP contribution in [-0.4, -0.2) is 126 Å². The minimum Gasteiger partial charge on any atom is -0.504 e. The maximum Gasteiger partial charge on any atom is 0.342 e. The van der Waals surface area contributed by atoms with Crippen molar-refractivity contribution in [3.63, 3.8) is 0 Å². The fraction of sp³-hybridized carbons (Fsp3) is 0.176. The van der Waals surface area contributed by atoms with Gasteiger partial charge in [0.05, 0.1) is 16.7 Å². The van der Waals surface area contributed by atoms with Gasteiger partial charge in [0.1, 0.15) is 24.4 Å². The molecule has 4 aliphatic heterocycles. The number of phenolic OH excluding ortho intramolecular Hbond substituents is 12. The summed E-state index contributed by atoms with van der Waals surface area (Å²) in [5.74, 6) is -23.0. The molecule has 6 bridgehead atoms. The molecule has 8 rings (SSSR count). The summed E-state index contributed by atoms with van der Waals surface area (Å²) in [4.78, 5) is 54.9. The Bertz CT molecular complexity index is 2470. The molecule has 22 heteroatoms. The first-order valence-corrected chi connectivity index (χ1v) is 15.6. The van der Waals surface area contributed by atoms with Crippen LogP contribution in [0.1, 0.15) is 53.1 Å². The molecule has 292 valence electrons. The van der Waals surface area contributed by atoms with Gasteiger partial charge in [-0.05, 0) is 18.2 Å². The van der Waals surface area contributed by atoms with Crippen molar-refractivity contribution >= 4 is 23.9 Å². The number of fused-ring (bicyclic) bond motifs is 7. The second-order valence-electron chi connectivity index (χ2n) is 12.5. The zero-order valence-corrected chi connectivity index (χ0v) is 27.4. The van der Waals surface area contributed by atoms with Crippen LogP contribution in [0.5, 0.6) is 69.0 Å². The lowest BCUT2D eigenvalue weighted by Crippen LogP contribution is -2.55. The number of hydrogen-bond acceptors (Lipinski definition) is 22. The van der Waals surface area contributed by atoms with Crippen LogP contribution in [0.25, 0.3) is 22.3 Å². The number of carbonyl (C=O) groups excluding carboxylic acids is 4. The van der Waals surface area contributed by atoms with Crippen molar-refractivity contribution in [2.45, 2.75) is 30.5 Å². The van der Waals surface area contributed by atoms with Gasteiger partial charge in [-0.15, -0.1) is 0 Å². The molecule has 0 aromatic heterocycles. The maximum absolute atomic E-state index is 14.0. The van der Waals surface area contributed by atoms with Crippen molar-refractivity contribution in [2.75, 3.05) is 6.61 Å². The van der Waals surface area contributed by atoms with E-state index in [1.54, 1.807) is 0 Å². The summed E-state index contributed by atoms with van der Waals surface area (Å²) in [7, 11) is 0. The van der Waals surface area contributed by atoms with E-state index in [1.807, 2.05) is 0 Å². The third-order valence-corrected chi connectivity index (χ3v) is 9.35. The lowest BCUT2D eigenvalue weighted by atomic mass is 9.82. The van der Waals surface area contributed by atoms with Gasteiger partial charge in [-0.3, -0.25) is 0 Å². The highest BCUT2D eigenvalue weighted by Crippen LogP contribution is 2.58. The number of hydrogen-bond donors (Lipinski definition) is 14. The molecule has 4 heterocycles. The van der Waals surface area contributed by atoms with Gasteiger partial charge >= 0.3 is 23.9 Å². The van der Waals surface area contributed by atoms with Crippen LogP contribution in [-0.2, 0) is 18.9 Å². The quantitative estimate of drug-likeness (QED) is 0.0703. The summed E-state index contributed by atoms with van der Waals surface area (Å²) in [6.07, 6.45) is -12.5. The Balaban J connectivity index is 1.49. The Labute approximate surface area is 307 Å². The smallest absolute Gasteiger partial charge is 0.342 e. The number of ether oxygens (including phenoxy) is 4. The van der Waals surface area contributed by atoms with Gasteiger partial charge in [0, 0.05) is 27.8 Å². The predicted octanol–water partition coefficient (Wildman–Crippen LogP) is 0.356. The van der Waals surface area contributed by atoms with Crippen molar-refractivity contribution < 1.29 is 110 Å². The van der Waals surface area contributed by atoms with E-state index in [1.165, 1.54) is 0 Å². The number of aliphatic hydroxyl groups is 2. The summed E-state index contributed by atoms with van der Waals surface area (Å²) in [5.41, 5.74) is -9.05. The molecule has 4 aromatic rings. The number of carbonyl (C=O) groups is 4. The predicted molar refractivity (Wildman–Crippen MR) is 173 cm³/mol. The van der Waals surface area contributed by atoms with Crippen molar-refractivity contribution in [1.82, 2.24) is 0 Å². The summed E-state index contributed by atoms with van der Waals surface area (Å²) >= 11 is 0. The second-order valence-corrected chi connectivity index (χ2v) is 12.5. The fourth-order valence-electron chi connectivity index (χ4n) is 6.66. The zero-order chi connectivity index (χ0) is 41.0. The largest absolute Gasteiger partial charge is 0.504 e. The highest BCUT2D eigenvalue weighted by Gasteiger charge is 2.53. The van der Waals surface area contributed by atoms with E-state index in [0.29, 0.717) is 18.2 Å². The number of rotatable bonds is 1. The third-order valence-electron chi connectivity index (χ3n) is 9.35. The summed E-state index contributed by atoms with van der Waals surface area (Å²) in [5, 5.41) is 150. The molecule has 0 saturated carbocycles. The van der Waals surface area contributed by atoms with E-state index < -0.39 is 180 Å². The molecule has 0 saturated heterocycles. The average Bonchev–Trinajstić information content (AvgIpc) is 3.15. The zero-order valence-electron chi connectivity index (χ0n) is 27.4. The maximum atomic E-state index is 14.0. The SMILES string of the molecule is O=C1OCC(O)C(C2OC(=O)c3cc(O)c(O)c(O)c3-c3c(O)c(O)c(O)c4c3C(=O)OC2C4O)OC(=O)c2cc(O)c(O)c(O)c2-c2cc1c(O)c(O)c2O. The molecule has 4 aromatic carbocycles. The first kappa shape index (κ1) is 36.6. The minimum atomic E-state index is -2.57. The first-order chi connectivity index (χ1) is 26.3. The fourth-order valence-corrected chi connectivity index (χ4v) is 6.66. The first-order valence-electron chi connectivity index (χ1n) is 15.6. The molecule has 4 aliphatic rings. The molecule has 22 nitrogen and oxygen atoms in total. The highest BCUT2D eigenvalue weighted by atomic mass is 16.6. The minimum absolute atomic E-state index is 0.428. The van der Waals surface area contributed by atoms with Gasteiger partial charge in [0.25, 0.3) is 0 Å². The Morgan fingerprint density at radius 1 is 0.411 bits per heavy atom. The average molecular weight is 785 g/mol. The van der Waals surface area contributed by atoms with Gasteiger partial charge in [-0.25, -0.2) is 19.2 Å². The van der Waals surface area contributed by atoms with E-state index in [9.17, 15) is 90.7 Å². The number of aliphatic hydroxyl groups excluding tert-OH is 2. The highest BCUT2D eigenvalue weighted by molar-refractivity contribution is 6.10. The summed E-state index contributed by atoms with van der Waals surface area (Å²) in [6.45, 7) is -1.32. The van der Waals surface area contributed by atoms with Gasteiger partial charge in [-0.1, -0.05) is 0 Å².